The number of carbonyl (C=O) groups is 1. The average Bonchev–Trinajstić information content (AvgIpc) is 3.21. The molecule has 1 amide bonds. The van der Waals surface area contributed by atoms with Gasteiger partial charge in [0.15, 0.2) is 0 Å². The van der Waals surface area contributed by atoms with Crippen molar-refractivity contribution in [2.24, 2.45) is 0 Å². The fourth-order valence-corrected chi connectivity index (χ4v) is 6.59. The molecule has 1 spiro atoms. The fourth-order valence-electron chi connectivity index (χ4n) is 5.95. The molecule has 5 rings (SSSR count). The Morgan fingerprint density at radius 1 is 1.28 bits per heavy atom. The van der Waals surface area contributed by atoms with Gasteiger partial charge < -0.3 is 19.3 Å². The summed E-state index contributed by atoms with van der Waals surface area (Å²) in [4.78, 5) is 17.2. The van der Waals surface area contributed by atoms with E-state index in [0.29, 0.717) is 29.0 Å². The summed E-state index contributed by atoms with van der Waals surface area (Å²) in [6.45, 7) is 8.22. The van der Waals surface area contributed by atoms with E-state index >= 15 is 0 Å². The van der Waals surface area contributed by atoms with E-state index in [2.05, 4.69) is 17.0 Å². The van der Waals surface area contributed by atoms with Crippen LogP contribution < -0.4 is 9.64 Å². The number of halogens is 3. The molecule has 1 fully saturated rings. The maximum absolute atomic E-state index is 14.6. The summed E-state index contributed by atoms with van der Waals surface area (Å²) in [5, 5.41) is 0.746. The summed E-state index contributed by atoms with van der Waals surface area (Å²) < 4.78 is 27.3. The van der Waals surface area contributed by atoms with E-state index in [1.165, 1.54) is 17.2 Å². The lowest BCUT2D eigenvalue weighted by Crippen LogP contribution is -2.50. The minimum atomic E-state index is -0.544. The molecule has 0 saturated carbocycles. The van der Waals surface area contributed by atoms with Gasteiger partial charge in [0.05, 0.1) is 21.9 Å². The van der Waals surface area contributed by atoms with E-state index in [1.807, 2.05) is 60.4 Å². The van der Waals surface area contributed by atoms with Gasteiger partial charge in [0, 0.05) is 36.1 Å². The lowest BCUT2D eigenvalue weighted by atomic mass is 9.70. The SMILES string of the molecule is CC(C)(C)OC(=O)N1CCC[C@H]1CN1C[C@@]2(CCCc3cc(Cl)ccc32)COc2cc(F)c(I)cc21. The topological polar surface area (TPSA) is 42.0 Å². The van der Waals surface area contributed by atoms with Crippen molar-refractivity contribution in [3.63, 3.8) is 0 Å². The van der Waals surface area contributed by atoms with Gasteiger partial charge in [-0.05, 0) is 105 Å². The maximum Gasteiger partial charge on any atom is 0.410 e. The van der Waals surface area contributed by atoms with Crippen LogP contribution in [-0.4, -0.2) is 48.9 Å². The molecule has 3 aliphatic rings. The Hall–Kier alpha value is -1.74. The standard InChI is InChI=1S/C28H33ClFIN2O3/c1-27(2,3)36-26(34)33-11-5-7-20(33)15-32-16-28(10-4-6-18-12-19(29)8-9-21(18)28)17-35-25-13-22(30)23(31)14-24(25)32/h8-9,12-14,20H,4-7,10-11,15-17H2,1-3H3/t20-,28-/m0/s1. The first-order valence-corrected chi connectivity index (χ1v) is 14.2. The van der Waals surface area contributed by atoms with Gasteiger partial charge in [0.2, 0.25) is 0 Å². The molecule has 36 heavy (non-hydrogen) atoms. The zero-order valence-corrected chi connectivity index (χ0v) is 24.0. The zero-order chi connectivity index (χ0) is 25.7. The zero-order valence-electron chi connectivity index (χ0n) is 21.1. The van der Waals surface area contributed by atoms with Crippen LogP contribution in [0.5, 0.6) is 5.75 Å². The molecule has 0 aromatic heterocycles. The minimum Gasteiger partial charge on any atom is -0.490 e. The van der Waals surface area contributed by atoms with Gasteiger partial charge in [0.1, 0.15) is 17.2 Å². The first kappa shape index (κ1) is 25.9. The molecule has 2 aromatic rings. The van der Waals surface area contributed by atoms with Crippen LogP contribution in [-0.2, 0) is 16.6 Å². The summed E-state index contributed by atoms with van der Waals surface area (Å²) in [6.07, 6.45) is 4.59. The predicted molar refractivity (Wildman–Crippen MR) is 149 cm³/mol. The molecule has 0 radical (unpaired) electrons. The van der Waals surface area contributed by atoms with E-state index in [9.17, 15) is 9.18 Å². The number of likely N-dealkylation sites (tertiary alicyclic amines) is 1. The largest absolute Gasteiger partial charge is 0.490 e. The average molecular weight is 627 g/mol. The van der Waals surface area contributed by atoms with E-state index in [1.54, 1.807) is 0 Å². The number of hydrogen-bond acceptors (Lipinski definition) is 4. The number of ether oxygens (including phenoxy) is 2. The summed E-state index contributed by atoms with van der Waals surface area (Å²) in [5.74, 6) is 0.282. The predicted octanol–water partition coefficient (Wildman–Crippen LogP) is 6.96. The molecule has 0 unspecified atom stereocenters. The monoisotopic (exact) mass is 626 g/mol. The number of benzene rings is 2. The first-order valence-electron chi connectivity index (χ1n) is 12.7. The van der Waals surface area contributed by atoms with Crippen molar-refractivity contribution in [1.82, 2.24) is 4.90 Å². The highest BCUT2D eigenvalue weighted by Crippen LogP contribution is 2.45. The lowest BCUT2D eigenvalue weighted by Gasteiger charge is -2.42. The van der Waals surface area contributed by atoms with Gasteiger partial charge in [-0.2, -0.15) is 0 Å². The molecule has 194 valence electrons. The molecule has 5 nitrogen and oxygen atoms in total. The van der Waals surface area contributed by atoms with E-state index in [-0.39, 0.29) is 23.4 Å². The third-order valence-corrected chi connectivity index (χ3v) is 8.58. The number of fused-ring (bicyclic) bond motifs is 3. The number of carbonyl (C=O) groups excluding carboxylic acids is 1. The van der Waals surface area contributed by atoms with E-state index in [0.717, 1.165) is 49.4 Å². The molecule has 8 heteroatoms. The van der Waals surface area contributed by atoms with Crippen molar-refractivity contribution < 1.29 is 18.7 Å². The van der Waals surface area contributed by atoms with Crippen LogP contribution in [0, 0.1) is 9.39 Å². The summed E-state index contributed by atoms with van der Waals surface area (Å²) >= 11 is 8.38. The summed E-state index contributed by atoms with van der Waals surface area (Å²) in [5.41, 5.74) is 2.63. The Kier molecular flexibility index (Phi) is 7.09. The van der Waals surface area contributed by atoms with Gasteiger partial charge in [-0.25, -0.2) is 9.18 Å². The third-order valence-electron chi connectivity index (χ3n) is 7.52. The summed E-state index contributed by atoms with van der Waals surface area (Å²) in [7, 11) is 0. The van der Waals surface area contributed by atoms with E-state index in [4.69, 9.17) is 21.1 Å². The highest BCUT2D eigenvalue weighted by Gasteiger charge is 2.43. The highest BCUT2D eigenvalue weighted by atomic mass is 127. The van der Waals surface area contributed by atoms with Crippen molar-refractivity contribution >= 4 is 46.0 Å². The van der Waals surface area contributed by atoms with Crippen molar-refractivity contribution in [2.75, 3.05) is 31.1 Å². The Morgan fingerprint density at radius 3 is 2.86 bits per heavy atom. The van der Waals surface area contributed by atoms with Crippen LogP contribution in [0.15, 0.2) is 30.3 Å². The van der Waals surface area contributed by atoms with Crippen LogP contribution in [0.4, 0.5) is 14.9 Å². The second-order valence-corrected chi connectivity index (χ2v) is 12.9. The molecule has 2 atom stereocenters. The minimum absolute atomic E-state index is 0.0128. The summed E-state index contributed by atoms with van der Waals surface area (Å²) in [6, 6.07) is 9.57. The molecule has 1 aliphatic carbocycles. The Bertz CT molecular complexity index is 1170. The molecule has 2 aliphatic heterocycles. The number of amides is 1. The molecule has 1 saturated heterocycles. The molecule has 2 aromatic carbocycles. The van der Waals surface area contributed by atoms with Crippen molar-refractivity contribution in [3.8, 4) is 5.75 Å². The van der Waals surface area contributed by atoms with Crippen molar-refractivity contribution in [1.29, 1.82) is 0 Å². The smallest absolute Gasteiger partial charge is 0.410 e. The quantitative estimate of drug-likeness (QED) is 0.338. The van der Waals surface area contributed by atoms with Gasteiger partial charge in [-0.15, -0.1) is 0 Å². The maximum atomic E-state index is 14.6. The number of aryl methyl sites for hydroxylation is 1. The first-order chi connectivity index (χ1) is 17.0. The van der Waals surface area contributed by atoms with Crippen molar-refractivity contribution in [3.05, 3.63) is 55.9 Å². The van der Waals surface area contributed by atoms with Crippen LogP contribution >= 0.6 is 34.2 Å². The second-order valence-electron chi connectivity index (χ2n) is 11.3. The highest BCUT2D eigenvalue weighted by molar-refractivity contribution is 14.1. The molecule has 2 heterocycles. The molecular formula is C28H33ClFIN2O3. The van der Waals surface area contributed by atoms with Gasteiger partial charge in [-0.1, -0.05) is 17.7 Å². The van der Waals surface area contributed by atoms with Crippen LogP contribution in [0.1, 0.15) is 57.6 Å². The van der Waals surface area contributed by atoms with Crippen LogP contribution in [0.25, 0.3) is 0 Å². The number of anilines is 1. The molecule has 0 bridgehead atoms. The Balaban J connectivity index is 1.51. The van der Waals surface area contributed by atoms with E-state index < -0.39 is 5.60 Å². The van der Waals surface area contributed by atoms with Crippen LogP contribution in [0.2, 0.25) is 5.02 Å². The number of hydrogen-bond donors (Lipinski definition) is 0. The molecule has 0 N–H and O–H groups in total. The third kappa shape index (κ3) is 5.15. The molecular weight excluding hydrogens is 594 g/mol. The van der Waals surface area contributed by atoms with Gasteiger partial charge in [-0.3, -0.25) is 0 Å². The van der Waals surface area contributed by atoms with Crippen LogP contribution in [0.3, 0.4) is 0 Å². The number of nitrogens with zero attached hydrogens (tertiary/aromatic N) is 2. The normalized spacial score (nSPS) is 23.7. The lowest BCUT2D eigenvalue weighted by molar-refractivity contribution is 0.0230. The van der Waals surface area contributed by atoms with Gasteiger partial charge >= 0.3 is 6.09 Å². The van der Waals surface area contributed by atoms with Gasteiger partial charge in [0.25, 0.3) is 0 Å². The number of rotatable bonds is 2. The fraction of sp³-hybridized carbons (Fsp3) is 0.536. The Morgan fingerprint density at radius 2 is 2.08 bits per heavy atom. The van der Waals surface area contributed by atoms with Crippen molar-refractivity contribution in [2.45, 2.75) is 69.9 Å². The second kappa shape index (κ2) is 9.86. The Labute approximate surface area is 231 Å².